The molecule has 1 aliphatic heterocycles. The van der Waals surface area contributed by atoms with Crippen LogP contribution in [-0.4, -0.2) is 28.2 Å². The smallest absolute Gasteiger partial charge is 0.343 e. The highest BCUT2D eigenvalue weighted by Gasteiger charge is 2.32. The number of carbonyl (C=O) groups excluding carboxylic acids is 2. The minimum atomic E-state index is -0.481. The summed E-state index contributed by atoms with van der Waals surface area (Å²) in [5.74, 6) is 0.655. The predicted octanol–water partition coefficient (Wildman–Crippen LogP) is 4.91. The molecule has 1 aromatic heterocycles. The van der Waals surface area contributed by atoms with Gasteiger partial charge in [0.05, 0.1) is 30.4 Å². The van der Waals surface area contributed by atoms with Gasteiger partial charge in [-0.05, 0) is 48.0 Å². The molecule has 0 saturated carbocycles. The van der Waals surface area contributed by atoms with E-state index in [9.17, 15) is 9.59 Å². The number of ether oxygens (including phenoxy) is 2. The summed E-state index contributed by atoms with van der Waals surface area (Å²) in [4.78, 5) is 27.1. The van der Waals surface area contributed by atoms with E-state index in [1.165, 1.54) is 23.8 Å². The summed E-state index contributed by atoms with van der Waals surface area (Å²) >= 11 is 6.58. The average molecular weight is 452 g/mol. The second-order valence-electron chi connectivity index (χ2n) is 6.51. The largest absolute Gasteiger partial charge is 0.493 e. The van der Waals surface area contributed by atoms with Crippen LogP contribution >= 0.6 is 24.0 Å². The topological polar surface area (TPSA) is 69.0 Å². The highest BCUT2D eigenvalue weighted by Crippen LogP contribution is 2.35. The maximum atomic E-state index is 12.8. The molecular formula is C23H17NO5S2. The van der Waals surface area contributed by atoms with Gasteiger partial charge in [-0.15, -0.1) is 0 Å². The molecule has 2 aromatic carbocycles. The van der Waals surface area contributed by atoms with E-state index < -0.39 is 5.97 Å². The van der Waals surface area contributed by atoms with Gasteiger partial charge in [0.25, 0.3) is 5.91 Å². The number of methoxy groups -OCH3 is 1. The van der Waals surface area contributed by atoms with Gasteiger partial charge in [-0.1, -0.05) is 48.2 Å². The molecule has 0 atom stereocenters. The van der Waals surface area contributed by atoms with Crippen LogP contribution in [0.2, 0.25) is 0 Å². The zero-order chi connectivity index (χ0) is 21.8. The van der Waals surface area contributed by atoms with Crippen LogP contribution in [0.4, 0.5) is 0 Å². The van der Waals surface area contributed by atoms with E-state index in [4.69, 9.17) is 26.1 Å². The Morgan fingerprint density at radius 3 is 2.65 bits per heavy atom. The first kappa shape index (κ1) is 20.9. The van der Waals surface area contributed by atoms with E-state index in [2.05, 4.69) is 0 Å². The van der Waals surface area contributed by atoms with E-state index in [0.717, 1.165) is 5.56 Å². The minimum absolute atomic E-state index is 0.190. The Hall–Kier alpha value is -3.36. The lowest BCUT2D eigenvalue weighted by atomic mass is 10.1. The van der Waals surface area contributed by atoms with Crippen LogP contribution in [0, 0.1) is 0 Å². The summed E-state index contributed by atoms with van der Waals surface area (Å²) in [6.07, 6.45) is 3.29. The van der Waals surface area contributed by atoms with E-state index in [1.807, 2.05) is 6.07 Å². The van der Waals surface area contributed by atoms with Crippen molar-refractivity contribution in [3.05, 3.63) is 88.7 Å². The molecule has 1 saturated heterocycles. The summed E-state index contributed by atoms with van der Waals surface area (Å²) < 4.78 is 16.6. The standard InChI is InChI=1S/C23H17NO5S2/c1-27-19-12-15(9-10-18(19)29-22(26)16-6-3-2-4-7-16)13-20-21(25)24(23(30)31-20)14-17-8-5-11-28-17/h2-13H,14H2,1H3/b20-13+. The minimum Gasteiger partial charge on any atom is -0.493 e. The number of hydrogen-bond acceptors (Lipinski definition) is 7. The van der Waals surface area contributed by atoms with Crippen LogP contribution in [0.25, 0.3) is 6.08 Å². The normalized spacial score (nSPS) is 14.9. The van der Waals surface area contributed by atoms with E-state index in [-0.39, 0.29) is 12.5 Å². The van der Waals surface area contributed by atoms with Crippen molar-refractivity contribution in [3.8, 4) is 11.5 Å². The van der Waals surface area contributed by atoms with E-state index in [1.54, 1.807) is 66.9 Å². The van der Waals surface area contributed by atoms with Crippen LogP contribution < -0.4 is 9.47 Å². The molecule has 6 nitrogen and oxygen atoms in total. The van der Waals surface area contributed by atoms with Crippen molar-refractivity contribution in [2.24, 2.45) is 0 Å². The summed E-state index contributed by atoms with van der Waals surface area (Å²) in [7, 11) is 1.49. The summed E-state index contributed by atoms with van der Waals surface area (Å²) in [5, 5.41) is 0. The van der Waals surface area contributed by atoms with Crippen LogP contribution in [0.15, 0.2) is 76.2 Å². The number of thiocarbonyl (C=S) groups is 1. The van der Waals surface area contributed by atoms with Gasteiger partial charge in [-0.2, -0.15) is 0 Å². The van der Waals surface area contributed by atoms with Crippen molar-refractivity contribution in [1.82, 2.24) is 4.90 Å². The van der Waals surface area contributed by atoms with Gasteiger partial charge in [-0.3, -0.25) is 9.69 Å². The average Bonchev–Trinajstić information content (AvgIpc) is 3.39. The number of rotatable bonds is 6. The quantitative estimate of drug-likeness (QED) is 0.228. The molecule has 1 aliphatic rings. The van der Waals surface area contributed by atoms with Gasteiger partial charge in [0.2, 0.25) is 0 Å². The van der Waals surface area contributed by atoms with Crippen LogP contribution in [0.1, 0.15) is 21.7 Å². The number of thioether (sulfide) groups is 1. The maximum Gasteiger partial charge on any atom is 0.343 e. The fourth-order valence-corrected chi connectivity index (χ4v) is 4.19. The van der Waals surface area contributed by atoms with E-state index >= 15 is 0 Å². The van der Waals surface area contributed by atoms with Crippen LogP contribution in [0.3, 0.4) is 0 Å². The first-order valence-corrected chi connectivity index (χ1v) is 10.5. The molecule has 156 valence electrons. The Labute approximate surface area is 188 Å². The number of carbonyl (C=O) groups is 2. The number of nitrogens with zero attached hydrogens (tertiary/aromatic N) is 1. The Bertz CT molecular complexity index is 1160. The van der Waals surface area contributed by atoms with Gasteiger partial charge in [-0.25, -0.2) is 4.79 Å². The van der Waals surface area contributed by atoms with Gasteiger partial charge >= 0.3 is 5.97 Å². The molecule has 1 fully saturated rings. The van der Waals surface area contributed by atoms with Gasteiger partial charge in [0.15, 0.2) is 11.5 Å². The Balaban J connectivity index is 1.52. The van der Waals surface area contributed by atoms with Gasteiger partial charge in [0.1, 0.15) is 10.1 Å². The summed E-state index contributed by atoms with van der Waals surface area (Å²) in [6.45, 7) is 0.284. The van der Waals surface area contributed by atoms with Crippen molar-refractivity contribution < 1.29 is 23.5 Å². The van der Waals surface area contributed by atoms with Crippen LogP contribution in [-0.2, 0) is 11.3 Å². The van der Waals surface area contributed by atoms with Crippen LogP contribution in [0.5, 0.6) is 11.5 Å². The lowest BCUT2D eigenvalue weighted by Gasteiger charge is -2.12. The Morgan fingerprint density at radius 1 is 1.13 bits per heavy atom. The lowest BCUT2D eigenvalue weighted by molar-refractivity contribution is -0.122. The molecule has 2 heterocycles. The second kappa shape index (κ2) is 9.20. The third-order valence-electron chi connectivity index (χ3n) is 4.47. The number of amides is 1. The molecule has 3 aromatic rings. The molecule has 0 unspecified atom stereocenters. The second-order valence-corrected chi connectivity index (χ2v) is 8.19. The predicted molar refractivity (Wildman–Crippen MR) is 122 cm³/mol. The third kappa shape index (κ3) is 4.70. The molecule has 0 N–H and O–H groups in total. The van der Waals surface area contributed by atoms with Crippen molar-refractivity contribution >= 4 is 46.3 Å². The number of hydrogen-bond donors (Lipinski definition) is 0. The molecule has 1 amide bonds. The first-order valence-electron chi connectivity index (χ1n) is 9.28. The summed E-state index contributed by atoms with van der Waals surface area (Å²) in [5.41, 5.74) is 1.16. The molecule has 0 aliphatic carbocycles. The maximum absolute atomic E-state index is 12.8. The number of benzene rings is 2. The first-order chi connectivity index (χ1) is 15.0. The SMILES string of the molecule is COc1cc(/C=C2/SC(=S)N(Cc3ccco3)C2=O)ccc1OC(=O)c1ccccc1. The fourth-order valence-electron chi connectivity index (χ4n) is 2.94. The molecule has 8 heteroatoms. The Kier molecular flexibility index (Phi) is 6.20. The van der Waals surface area contributed by atoms with E-state index in [0.29, 0.717) is 32.0 Å². The molecule has 4 rings (SSSR count). The Morgan fingerprint density at radius 2 is 1.94 bits per heavy atom. The highest BCUT2D eigenvalue weighted by atomic mass is 32.2. The molecule has 31 heavy (non-hydrogen) atoms. The zero-order valence-corrected chi connectivity index (χ0v) is 18.1. The number of furan rings is 1. The zero-order valence-electron chi connectivity index (χ0n) is 16.4. The van der Waals surface area contributed by atoms with Crippen molar-refractivity contribution in [2.75, 3.05) is 7.11 Å². The molecule has 0 radical (unpaired) electrons. The molecule has 0 spiro atoms. The molecule has 0 bridgehead atoms. The van der Waals surface area contributed by atoms with Crippen molar-refractivity contribution in [3.63, 3.8) is 0 Å². The van der Waals surface area contributed by atoms with Crippen molar-refractivity contribution in [2.45, 2.75) is 6.54 Å². The summed E-state index contributed by atoms with van der Waals surface area (Å²) in [6, 6.07) is 17.3. The van der Waals surface area contributed by atoms with Gasteiger partial charge in [0, 0.05) is 0 Å². The highest BCUT2D eigenvalue weighted by molar-refractivity contribution is 8.26. The number of esters is 1. The molecular weight excluding hydrogens is 434 g/mol. The monoisotopic (exact) mass is 451 g/mol. The lowest BCUT2D eigenvalue weighted by Crippen LogP contribution is -2.27. The van der Waals surface area contributed by atoms with Gasteiger partial charge < -0.3 is 13.9 Å². The third-order valence-corrected chi connectivity index (χ3v) is 5.84. The fraction of sp³-hybridized carbons (Fsp3) is 0.0870. The van der Waals surface area contributed by atoms with Crippen molar-refractivity contribution in [1.29, 1.82) is 0 Å².